The molecule has 0 saturated heterocycles. The zero-order valence-electron chi connectivity index (χ0n) is 16.3. The number of hydrogen-bond acceptors (Lipinski definition) is 4. The summed E-state index contributed by atoms with van der Waals surface area (Å²) in [4.78, 5) is 36.8. The summed E-state index contributed by atoms with van der Waals surface area (Å²) in [6.45, 7) is 3.43. The third-order valence-corrected chi connectivity index (χ3v) is 4.37. The van der Waals surface area contributed by atoms with E-state index in [1.54, 1.807) is 62.0 Å². The van der Waals surface area contributed by atoms with Gasteiger partial charge < -0.3 is 16.0 Å². The predicted octanol–water partition coefficient (Wildman–Crippen LogP) is 3.50. The number of para-hydroxylation sites is 1. The van der Waals surface area contributed by atoms with E-state index in [2.05, 4.69) is 21.0 Å². The van der Waals surface area contributed by atoms with E-state index in [-0.39, 0.29) is 6.03 Å². The molecular formula is C21H21N5O3. The Morgan fingerprint density at radius 2 is 1.31 bits per heavy atom. The van der Waals surface area contributed by atoms with Gasteiger partial charge in [-0.25, -0.2) is 4.79 Å². The molecule has 0 aliphatic carbocycles. The summed E-state index contributed by atoms with van der Waals surface area (Å²) in [6.07, 6.45) is 0. The summed E-state index contributed by atoms with van der Waals surface area (Å²) in [6, 6.07) is 15.1. The molecule has 0 fully saturated rings. The molecule has 3 aromatic rings. The van der Waals surface area contributed by atoms with Crippen molar-refractivity contribution in [2.75, 3.05) is 16.0 Å². The first kappa shape index (κ1) is 19.8. The molecule has 3 N–H and O–H groups in total. The average Bonchev–Trinajstić information content (AvgIpc) is 2.95. The van der Waals surface area contributed by atoms with Crippen molar-refractivity contribution in [2.45, 2.75) is 13.8 Å². The SMILES string of the molecule is Cc1nn(C)c(C)c1C(=O)C(=O)Nc1ccc(NC(=O)Nc2ccccc2)cc1. The summed E-state index contributed by atoms with van der Waals surface area (Å²) < 4.78 is 1.57. The molecule has 0 spiro atoms. The second-order valence-corrected chi connectivity index (χ2v) is 6.48. The summed E-state index contributed by atoms with van der Waals surface area (Å²) >= 11 is 0. The Morgan fingerprint density at radius 3 is 1.83 bits per heavy atom. The number of Topliss-reactive ketones (excluding diaryl/α,β-unsaturated/α-hetero) is 1. The quantitative estimate of drug-likeness (QED) is 0.457. The van der Waals surface area contributed by atoms with Crippen LogP contribution in [-0.4, -0.2) is 27.5 Å². The van der Waals surface area contributed by atoms with Crippen molar-refractivity contribution >= 4 is 34.8 Å². The molecule has 148 valence electrons. The standard InChI is InChI=1S/C21H21N5O3/c1-13-18(14(2)26(3)25-13)19(27)20(28)22-16-9-11-17(12-10-16)24-21(29)23-15-7-5-4-6-8-15/h4-12H,1-3H3,(H,22,28)(H2,23,24,29). The minimum absolute atomic E-state index is 0.306. The highest BCUT2D eigenvalue weighted by Crippen LogP contribution is 2.17. The lowest BCUT2D eigenvalue weighted by Crippen LogP contribution is -2.24. The van der Waals surface area contributed by atoms with E-state index in [0.29, 0.717) is 34.0 Å². The minimum Gasteiger partial charge on any atom is -0.319 e. The molecule has 1 aromatic heterocycles. The first-order valence-electron chi connectivity index (χ1n) is 8.94. The van der Waals surface area contributed by atoms with Crippen molar-refractivity contribution < 1.29 is 14.4 Å². The van der Waals surface area contributed by atoms with E-state index in [9.17, 15) is 14.4 Å². The van der Waals surface area contributed by atoms with Crippen LogP contribution in [0.1, 0.15) is 21.7 Å². The fourth-order valence-corrected chi connectivity index (χ4v) is 2.86. The molecule has 8 heteroatoms. The Balaban J connectivity index is 1.60. The maximum absolute atomic E-state index is 12.5. The maximum Gasteiger partial charge on any atom is 0.323 e. The lowest BCUT2D eigenvalue weighted by Gasteiger charge is -2.09. The predicted molar refractivity (Wildman–Crippen MR) is 111 cm³/mol. The molecule has 1 heterocycles. The van der Waals surface area contributed by atoms with Gasteiger partial charge in [-0.2, -0.15) is 5.10 Å². The van der Waals surface area contributed by atoms with E-state index in [1.165, 1.54) is 0 Å². The molecule has 3 amide bonds. The third kappa shape index (κ3) is 4.67. The van der Waals surface area contributed by atoms with E-state index < -0.39 is 11.7 Å². The van der Waals surface area contributed by atoms with E-state index in [1.807, 2.05) is 18.2 Å². The van der Waals surface area contributed by atoms with Gasteiger partial charge in [0.25, 0.3) is 11.7 Å². The van der Waals surface area contributed by atoms with Gasteiger partial charge in [-0.1, -0.05) is 18.2 Å². The van der Waals surface area contributed by atoms with Crippen LogP contribution >= 0.6 is 0 Å². The van der Waals surface area contributed by atoms with Crippen molar-refractivity contribution in [2.24, 2.45) is 7.05 Å². The maximum atomic E-state index is 12.5. The Bertz CT molecular complexity index is 1060. The van der Waals surface area contributed by atoms with Crippen molar-refractivity contribution in [1.82, 2.24) is 9.78 Å². The highest BCUT2D eigenvalue weighted by molar-refractivity contribution is 6.47. The lowest BCUT2D eigenvalue weighted by atomic mass is 10.1. The molecule has 3 rings (SSSR count). The van der Waals surface area contributed by atoms with Crippen LogP contribution in [0, 0.1) is 13.8 Å². The zero-order chi connectivity index (χ0) is 21.0. The Labute approximate surface area is 167 Å². The van der Waals surface area contributed by atoms with Crippen LogP contribution in [-0.2, 0) is 11.8 Å². The lowest BCUT2D eigenvalue weighted by molar-refractivity contribution is -0.112. The van der Waals surface area contributed by atoms with Gasteiger partial charge in [0.15, 0.2) is 0 Å². The van der Waals surface area contributed by atoms with Gasteiger partial charge in [-0.05, 0) is 50.2 Å². The monoisotopic (exact) mass is 391 g/mol. The van der Waals surface area contributed by atoms with Gasteiger partial charge in [0.2, 0.25) is 0 Å². The number of urea groups is 1. The summed E-state index contributed by atoms with van der Waals surface area (Å²) in [5, 5.41) is 12.1. The second kappa shape index (κ2) is 8.39. The number of benzene rings is 2. The van der Waals surface area contributed by atoms with Crippen molar-refractivity contribution in [3.05, 3.63) is 71.5 Å². The van der Waals surface area contributed by atoms with Gasteiger partial charge in [-0.15, -0.1) is 0 Å². The number of nitrogens with one attached hydrogen (secondary N) is 3. The Kier molecular flexibility index (Phi) is 5.73. The van der Waals surface area contributed by atoms with Crippen molar-refractivity contribution in [3.8, 4) is 0 Å². The number of carbonyl (C=O) groups is 3. The fourth-order valence-electron chi connectivity index (χ4n) is 2.86. The van der Waals surface area contributed by atoms with Crippen molar-refractivity contribution in [1.29, 1.82) is 0 Å². The molecule has 0 radical (unpaired) electrons. The molecule has 0 atom stereocenters. The fraction of sp³-hybridized carbons (Fsp3) is 0.143. The second-order valence-electron chi connectivity index (χ2n) is 6.48. The van der Waals surface area contributed by atoms with Crippen LogP contribution in [0.15, 0.2) is 54.6 Å². The highest BCUT2D eigenvalue weighted by Gasteiger charge is 2.23. The molecule has 0 saturated carbocycles. The van der Waals surface area contributed by atoms with Gasteiger partial charge in [-0.3, -0.25) is 14.3 Å². The number of anilines is 3. The van der Waals surface area contributed by atoms with Crippen LogP contribution in [0.3, 0.4) is 0 Å². The number of carbonyl (C=O) groups excluding carboxylic acids is 3. The molecule has 29 heavy (non-hydrogen) atoms. The zero-order valence-corrected chi connectivity index (χ0v) is 16.3. The molecule has 0 unspecified atom stereocenters. The van der Waals surface area contributed by atoms with E-state index in [4.69, 9.17) is 0 Å². The van der Waals surface area contributed by atoms with Gasteiger partial charge in [0.1, 0.15) is 0 Å². The minimum atomic E-state index is -0.744. The first-order valence-corrected chi connectivity index (χ1v) is 8.94. The normalized spacial score (nSPS) is 10.3. The van der Waals surface area contributed by atoms with E-state index in [0.717, 1.165) is 0 Å². The van der Waals surface area contributed by atoms with Gasteiger partial charge >= 0.3 is 6.03 Å². The number of amides is 3. The molecule has 2 aromatic carbocycles. The average molecular weight is 391 g/mol. The Hall–Kier alpha value is -3.94. The van der Waals surface area contributed by atoms with E-state index >= 15 is 0 Å². The number of nitrogens with zero attached hydrogens (tertiary/aromatic N) is 2. The number of aryl methyl sites for hydroxylation is 2. The van der Waals surface area contributed by atoms with Crippen LogP contribution in [0.4, 0.5) is 21.9 Å². The van der Waals surface area contributed by atoms with Crippen molar-refractivity contribution in [3.63, 3.8) is 0 Å². The molecule has 0 aliphatic heterocycles. The summed E-state index contributed by atoms with van der Waals surface area (Å²) in [7, 11) is 1.72. The number of ketones is 1. The molecule has 0 aliphatic rings. The highest BCUT2D eigenvalue weighted by atomic mass is 16.2. The van der Waals surface area contributed by atoms with Gasteiger partial charge in [0.05, 0.1) is 11.3 Å². The molecular weight excluding hydrogens is 370 g/mol. The van der Waals surface area contributed by atoms with Gasteiger partial charge in [0, 0.05) is 29.8 Å². The van der Waals surface area contributed by atoms with Crippen LogP contribution in [0.5, 0.6) is 0 Å². The number of aromatic nitrogens is 2. The van der Waals surface area contributed by atoms with Crippen LogP contribution in [0.2, 0.25) is 0 Å². The number of hydrogen-bond donors (Lipinski definition) is 3. The summed E-state index contributed by atoms with van der Waals surface area (Å²) in [5.74, 6) is -1.38. The smallest absolute Gasteiger partial charge is 0.319 e. The largest absolute Gasteiger partial charge is 0.323 e. The number of rotatable bonds is 5. The van der Waals surface area contributed by atoms with Crippen LogP contribution < -0.4 is 16.0 Å². The first-order chi connectivity index (χ1) is 13.8. The topological polar surface area (TPSA) is 105 Å². The summed E-state index contributed by atoms with van der Waals surface area (Å²) in [5.41, 5.74) is 3.10. The Morgan fingerprint density at radius 1 is 0.793 bits per heavy atom. The molecule has 8 nitrogen and oxygen atoms in total. The molecule has 0 bridgehead atoms. The van der Waals surface area contributed by atoms with Crippen LogP contribution in [0.25, 0.3) is 0 Å². The third-order valence-electron chi connectivity index (χ3n) is 4.37.